The van der Waals surface area contributed by atoms with Gasteiger partial charge in [-0.25, -0.2) is 5.84 Å². The summed E-state index contributed by atoms with van der Waals surface area (Å²) in [4.78, 5) is 10.7. The van der Waals surface area contributed by atoms with Gasteiger partial charge in [0.2, 0.25) is 0 Å². The summed E-state index contributed by atoms with van der Waals surface area (Å²) >= 11 is 8.57. The molecule has 8 heteroatoms. The zero-order valence-electron chi connectivity index (χ0n) is 7.64. The zero-order valence-corrected chi connectivity index (χ0v) is 9.98. The minimum atomic E-state index is -4.05. The van der Waals surface area contributed by atoms with Crippen LogP contribution in [0.4, 0.5) is 8.78 Å². The largest absolute Gasteiger partial charge is 0.483 e. The molecule has 88 valence electrons. The average Bonchev–Trinajstić information content (AvgIpc) is 2.21. The number of nitrogens with two attached hydrogens (primary N) is 1. The number of amides is 1. The van der Waals surface area contributed by atoms with Crippen LogP contribution < -0.4 is 16.0 Å². The Labute approximate surface area is 103 Å². The van der Waals surface area contributed by atoms with Crippen molar-refractivity contribution in [3.63, 3.8) is 0 Å². The highest BCUT2D eigenvalue weighted by molar-refractivity contribution is 9.10. The van der Waals surface area contributed by atoms with Crippen LogP contribution in [0.1, 0.15) is 0 Å². The average molecular weight is 316 g/mol. The lowest BCUT2D eigenvalue weighted by Crippen LogP contribution is -2.47. The highest BCUT2D eigenvalue weighted by Crippen LogP contribution is 2.31. The first-order valence-corrected chi connectivity index (χ1v) is 5.07. The number of halogens is 4. The highest BCUT2D eigenvalue weighted by atomic mass is 79.9. The van der Waals surface area contributed by atoms with Crippen molar-refractivity contribution in [3.8, 4) is 5.75 Å². The molecule has 0 aliphatic carbocycles. The number of hydrogen-bond donors (Lipinski definition) is 2. The van der Waals surface area contributed by atoms with Crippen molar-refractivity contribution in [1.82, 2.24) is 5.43 Å². The zero-order chi connectivity index (χ0) is 12.3. The summed E-state index contributed by atoms with van der Waals surface area (Å²) in [5, 5.41) is 0.339. The van der Waals surface area contributed by atoms with Crippen molar-refractivity contribution in [3.05, 3.63) is 27.7 Å². The lowest BCUT2D eigenvalue weighted by molar-refractivity contribution is -0.193. The molecule has 1 aromatic carbocycles. The molecular weight excluding hydrogens is 309 g/mol. The maximum absolute atomic E-state index is 13.0. The van der Waals surface area contributed by atoms with Crippen LogP contribution in [0.15, 0.2) is 22.7 Å². The number of nitrogens with one attached hydrogen (secondary N) is 1. The van der Waals surface area contributed by atoms with E-state index < -0.39 is 12.0 Å². The molecular formula is C8H6BrClF2N2O2. The number of hydrogen-bond acceptors (Lipinski definition) is 3. The van der Waals surface area contributed by atoms with Crippen LogP contribution in [0.2, 0.25) is 5.02 Å². The maximum Gasteiger partial charge on any atom is 0.483 e. The Morgan fingerprint density at radius 3 is 2.69 bits per heavy atom. The Kier molecular flexibility index (Phi) is 4.06. The molecule has 0 bridgehead atoms. The molecule has 0 saturated heterocycles. The number of alkyl halides is 2. The van der Waals surface area contributed by atoms with Crippen molar-refractivity contribution in [2.24, 2.45) is 5.84 Å². The van der Waals surface area contributed by atoms with Gasteiger partial charge in [0, 0.05) is 5.02 Å². The number of carbonyl (C=O) groups is 1. The van der Waals surface area contributed by atoms with Gasteiger partial charge in [0.25, 0.3) is 0 Å². The van der Waals surface area contributed by atoms with Crippen molar-refractivity contribution in [2.45, 2.75) is 6.11 Å². The van der Waals surface area contributed by atoms with Crippen molar-refractivity contribution in [2.75, 3.05) is 0 Å². The van der Waals surface area contributed by atoms with Crippen LogP contribution in [0.3, 0.4) is 0 Å². The molecule has 16 heavy (non-hydrogen) atoms. The Hall–Kier alpha value is -0.920. The SMILES string of the molecule is NNC(=O)C(F)(F)Oc1ccc(Cl)cc1Br. The van der Waals surface area contributed by atoms with Gasteiger partial charge in [0.15, 0.2) is 0 Å². The second-order valence-corrected chi connectivity index (χ2v) is 3.96. The molecule has 3 N–H and O–H groups in total. The minimum Gasteiger partial charge on any atom is -0.424 e. The second-order valence-electron chi connectivity index (χ2n) is 2.67. The van der Waals surface area contributed by atoms with Gasteiger partial charge >= 0.3 is 12.0 Å². The van der Waals surface area contributed by atoms with E-state index in [1.54, 1.807) is 0 Å². The van der Waals surface area contributed by atoms with Crippen molar-refractivity contribution < 1.29 is 18.3 Å². The number of benzene rings is 1. The van der Waals surface area contributed by atoms with E-state index in [9.17, 15) is 13.6 Å². The van der Waals surface area contributed by atoms with Gasteiger partial charge in [0.05, 0.1) is 4.47 Å². The standard InChI is InChI=1S/C8H6BrClF2N2O2/c9-5-3-4(10)1-2-6(5)16-8(11,12)7(15)14-13/h1-3H,13H2,(H,14,15). The van der Waals surface area contributed by atoms with E-state index in [4.69, 9.17) is 11.6 Å². The normalized spacial score (nSPS) is 11.1. The molecule has 0 fully saturated rings. The molecule has 0 aliphatic heterocycles. The third-order valence-electron chi connectivity index (χ3n) is 1.53. The summed E-state index contributed by atoms with van der Waals surface area (Å²) in [6.45, 7) is 0. The summed E-state index contributed by atoms with van der Waals surface area (Å²) < 4.78 is 30.4. The fourth-order valence-electron chi connectivity index (χ4n) is 0.826. The van der Waals surface area contributed by atoms with Crippen LogP contribution in [-0.2, 0) is 4.79 Å². The first kappa shape index (κ1) is 13.1. The lowest BCUT2D eigenvalue weighted by Gasteiger charge is -2.16. The van der Waals surface area contributed by atoms with Crippen LogP contribution in [0, 0.1) is 0 Å². The maximum atomic E-state index is 13.0. The van der Waals surface area contributed by atoms with Gasteiger partial charge in [-0.15, -0.1) is 0 Å². The predicted octanol–water partition coefficient (Wildman–Crippen LogP) is 2.06. The van der Waals surface area contributed by atoms with Gasteiger partial charge in [-0.05, 0) is 34.1 Å². The van der Waals surface area contributed by atoms with Crippen molar-refractivity contribution >= 4 is 33.4 Å². The monoisotopic (exact) mass is 314 g/mol. The van der Waals surface area contributed by atoms with Gasteiger partial charge in [-0.3, -0.25) is 10.2 Å². The van der Waals surface area contributed by atoms with E-state index >= 15 is 0 Å². The van der Waals surface area contributed by atoms with Crippen LogP contribution in [0.5, 0.6) is 5.75 Å². The number of ether oxygens (including phenoxy) is 1. The first-order valence-electron chi connectivity index (χ1n) is 3.90. The summed E-state index contributed by atoms with van der Waals surface area (Å²) in [6, 6.07) is 3.90. The Balaban J connectivity index is 2.92. The molecule has 0 aliphatic rings. The smallest absolute Gasteiger partial charge is 0.424 e. The summed E-state index contributed by atoms with van der Waals surface area (Å²) in [6.07, 6.45) is -4.05. The third-order valence-corrected chi connectivity index (χ3v) is 2.38. The van der Waals surface area contributed by atoms with Crippen LogP contribution >= 0.6 is 27.5 Å². The highest BCUT2D eigenvalue weighted by Gasteiger charge is 2.42. The Morgan fingerprint density at radius 2 is 2.19 bits per heavy atom. The van der Waals surface area contributed by atoms with Crippen molar-refractivity contribution in [1.29, 1.82) is 0 Å². The molecule has 0 atom stereocenters. The molecule has 0 heterocycles. The summed E-state index contributed by atoms with van der Waals surface area (Å²) in [5.74, 6) is 2.62. The predicted molar refractivity (Wildman–Crippen MR) is 57.1 cm³/mol. The molecule has 0 radical (unpaired) electrons. The van der Waals surface area contributed by atoms with E-state index in [1.165, 1.54) is 23.6 Å². The van der Waals surface area contributed by atoms with E-state index in [0.717, 1.165) is 0 Å². The van der Waals surface area contributed by atoms with Gasteiger partial charge in [0.1, 0.15) is 5.75 Å². The van der Waals surface area contributed by atoms with Crippen LogP contribution in [-0.4, -0.2) is 12.0 Å². The van der Waals surface area contributed by atoms with E-state index in [-0.39, 0.29) is 10.2 Å². The third kappa shape index (κ3) is 3.03. The molecule has 4 nitrogen and oxygen atoms in total. The summed E-state index contributed by atoms with van der Waals surface area (Å²) in [7, 11) is 0. The fourth-order valence-corrected chi connectivity index (χ4v) is 1.59. The Morgan fingerprint density at radius 1 is 1.56 bits per heavy atom. The van der Waals surface area contributed by atoms with E-state index in [2.05, 4.69) is 26.5 Å². The minimum absolute atomic E-state index is 0.199. The first-order chi connectivity index (χ1) is 7.36. The quantitative estimate of drug-likeness (QED) is 0.510. The molecule has 1 rings (SSSR count). The number of carbonyl (C=O) groups excluding carboxylic acids is 1. The number of hydrazine groups is 1. The number of rotatable bonds is 3. The van der Waals surface area contributed by atoms with Gasteiger partial charge in [-0.2, -0.15) is 8.78 Å². The molecule has 0 saturated carbocycles. The van der Waals surface area contributed by atoms with E-state index in [0.29, 0.717) is 5.02 Å². The lowest BCUT2D eigenvalue weighted by atomic mass is 10.3. The van der Waals surface area contributed by atoms with Gasteiger partial charge < -0.3 is 4.74 Å². The molecule has 0 aromatic heterocycles. The molecule has 1 aromatic rings. The molecule has 0 spiro atoms. The summed E-state index contributed by atoms with van der Waals surface area (Å²) in [5.41, 5.74) is 1.30. The molecule has 1 amide bonds. The van der Waals surface area contributed by atoms with Gasteiger partial charge in [-0.1, -0.05) is 11.6 Å². The topological polar surface area (TPSA) is 64.3 Å². The van der Waals surface area contributed by atoms with E-state index in [1.807, 2.05) is 0 Å². The molecule has 0 unspecified atom stereocenters. The van der Waals surface area contributed by atoms with Crippen LogP contribution in [0.25, 0.3) is 0 Å². The second kappa shape index (κ2) is 4.94. The Bertz CT molecular complexity index is 417. The fraction of sp³-hybridized carbons (Fsp3) is 0.125.